The van der Waals surface area contributed by atoms with Gasteiger partial charge in [-0.1, -0.05) is 41.6 Å². The number of rotatable bonds is 8. The number of carboxylic acids is 1. The molecule has 0 saturated carbocycles. The molecule has 4 nitrogen and oxygen atoms in total. The fourth-order valence-electron chi connectivity index (χ4n) is 2.61. The molecule has 0 radical (unpaired) electrons. The Hall–Kier alpha value is -2.02. The number of halogens is 1. The highest BCUT2D eigenvalue weighted by molar-refractivity contribution is 8.02. The third-order valence-electron chi connectivity index (χ3n) is 4.36. The molecule has 3 aromatic rings. The van der Waals surface area contributed by atoms with Gasteiger partial charge in [-0.2, -0.15) is 0 Å². The van der Waals surface area contributed by atoms with E-state index in [0.717, 1.165) is 37.5 Å². The lowest BCUT2D eigenvalue weighted by atomic mass is 10.0. The van der Waals surface area contributed by atoms with Gasteiger partial charge < -0.3 is 9.84 Å². The summed E-state index contributed by atoms with van der Waals surface area (Å²) in [5.41, 5.74) is 4.21. The van der Waals surface area contributed by atoms with Crippen LogP contribution in [0.15, 0.2) is 52.2 Å². The monoisotopic (exact) mass is 447 g/mol. The minimum atomic E-state index is -0.894. The molecular weight excluding hydrogens is 426 g/mol. The summed E-state index contributed by atoms with van der Waals surface area (Å²) >= 11 is 8.69. The van der Waals surface area contributed by atoms with Crippen LogP contribution in [-0.2, 0) is 11.2 Å². The van der Waals surface area contributed by atoms with Crippen LogP contribution in [0, 0.1) is 6.92 Å². The molecule has 0 aliphatic carbocycles. The van der Waals surface area contributed by atoms with E-state index in [4.69, 9.17) is 16.3 Å². The lowest BCUT2D eigenvalue weighted by molar-refractivity contribution is -0.138. The first-order valence-corrected chi connectivity index (χ1v) is 11.2. The molecular formula is C22H22ClNO3S2. The van der Waals surface area contributed by atoms with Gasteiger partial charge in [0, 0.05) is 16.8 Å². The Bertz CT molecular complexity index is 1000. The molecule has 0 saturated heterocycles. The van der Waals surface area contributed by atoms with Crippen LogP contribution in [-0.4, -0.2) is 27.4 Å². The van der Waals surface area contributed by atoms with Crippen molar-refractivity contribution in [3.05, 3.63) is 64.1 Å². The quantitative estimate of drug-likeness (QED) is 0.408. The highest BCUT2D eigenvalue weighted by Crippen LogP contribution is 2.34. The Kier molecular flexibility index (Phi) is 6.88. The lowest BCUT2D eigenvalue weighted by Gasteiger charge is -2.15. The van der Waals surface area contributed by atoms with Crippen molar-refractivity contribution >= 4 is 40.7 Å². The number of hydrogen-bond donors (Lipinski definition) is 1. The summed E-state index contributed by atoms with van der Waals surface area (Å²) in [5.74, 6) is -0.000317. The number of carboxylic acid groups (broad SMARTS) is 1. The molecule has 152 valence electrons. The van der Waals surface area contributed by atoms with Crippen molar-refractivity contribution in [2.45, 2.75) is 36.3 Å². The van der Waals surface area contributed by atoms with Gasteiger partial charge in [-0.25, -0.2) is 4.98 Å². The van der Waals surface area contributed by atoms with Gasteiger partial charge in [0.2, 0.25) is 0 Å². The second kappa shape index (κ2) is 9.20. The van der Waals surface area contributed by atoms with E-state index in [-0.39, 0.29) is 0 Å². The van der Waals surface area contributed by atoms with Gasteiger partial charge >= 0.3 is 5.97 Å². The summed E-state index contributed by atoms with van der Waals surface area (Å²) in [6.45, 7) is 5.90. The van der Waals surface area contributed by atoms with Crippen molar-refractivity contribution < 1.29 is 14.6 Å². The Morgan fingerprint density at radius 2 is 1.90 bits per heavy atom. The number of aliphatic carboxylic acids is 1. The zero-order valence-electron chi connectivity index (χ0n) is 16.4. The van der Waals surface area contributed by atoms with Crippen LogP contribution in [0.2, 0.25) is 5.02 Å². The van der Waals surface area contributed by atoms with Gasteiger partial charge in [-0.15, -0.1) is 11.3 Å². The highest BCUT2D eigenvalue weighted by atomic mass is 35.5. The van der Waals surface area contributed by atoms with E-state index in [9.17, 15) is 9.90 Å². The Labute approximate surface area is 183 Å². The summed E-state index contributed by atoms with van der Waals surface area (Å²) in [6, 6.07) is 13.9. The minimum Gasteiger partial charge on any atom is -0.493 e. The average Bonchev–Trinajstić information content (AvgIpc) is 3.10. The van der Waals surface area contributed by atoms with Crippen LogP contribution in [0.3, 0.4) is 0 Å². The lowest BCUT2D eigenvalue weighted by Crippen LogP contribution is -2.26. The Morgan fingerprint density at radius 1 is 1.21 bits per heavy atom. The molecule has 0 unspecified atom stereocenters. The normalized spacial score (nSPS) is 11.4. The predicted molar refractivity (Wildman–Crippen MR) is 121 cm³/mol. The molecule has 1 N–H and O–H groups in total. The first-order valence-electron chi connectivity index (χ1n) is 9.11. The van der Waals surface area contributed by atoms with Crippen molar-refractivity contribution in [2.75, 3.05) is 6.61 Å². The number of ether oxygens (including phenoxy) is 1. The second-order valence-corrected chi connectivity index (χ2v) is 10.3. The average molecular weight is 448 g/mol. The molecule has 0 amide bonds. The molecule has 29 heavy (non-hydrogen) atoms. The summed E-state index contributed by atoms with van der Waals surface area (Å²) in [5, 5.41) is 11.9. The van der Waals surface area contributed by atoms with E-state index in [1.807, 2.05) is 48.7 Å². The van der Waals surface area contributed by atoms with Crippen molar-refractivity contribution in [3.8, 4) is 16.9 Å². The van der Waals surface area contributed by atoms with Crippen molar-refractivity contribution in [2.24, 2.45) is 0 Å². The van der Waals surface area contributed by atoms with Crippen LogP contribution in [0.5, 0.6) is 5.75 Å². The van der Waals surface area contributed by atoms with Gasteiger partial charge in [-0.05, 0) is 61.7 Å². The number of thioether (sulfide) groups is 1. The molecule has 1 aromatic heterocycles. The number of aromatic nitrogens is 1. The molecule has 0 bridgehead atoms. The SMILES string of the molecule is Cc1cc(-c2ccc(Cl)cc2)ccc1OCCc1csc(SC(C)(C)C(=O)O)n1. The van der Waals surface area contributed by atoms with Gasteiger partial charge in [0.05, 0.1) is 12.3 Å². The second-order valence-electron chi connectivity index (χ2n) is 7.11. The minimum absolute atomic E-state index is 0.511. The number of aryl methyl sites for hydroxylation is 1. The maximum Gasteiger partial charge on any atom is 0.319 e. The van der Waals surface area contributed by atoms with E-state index in [1.54, 1.807) is 13.8 Å². The van der Waals surface area contributed by atoms with E-state index < -0.39 is 10.7 Å². The topological polar surface area (TPSA) is 59.4 Å². The van der Waals surface area contributed by atoms with Crippen molar-refractivity contribution in [3.63, 3.8) is 0 Å². The van der Waals surface area contributed by atoms with E-state index in [1.165, 1.54) is 23.1 Å². The highest BCUT2D eigenvalue weighted by Gasteiger charge is 2.29. The smallest absolute Gasteiger partial charge is 0.319 e. The largest absolute Gasteiger partial charge is 0.493 e. The molecule has 3 rings (SSSR count). The summed E-state index contributed by atoms with van der Waals surface area (Å²) < 4.78 is 5.81. The zero-order valence-corrected chi connectivity index (χ0v) is 18.8. The summed E-state index contributed by atoms with van der Waals surface area (Å²) in [6.07, 6.45) is 0.670. The summed E-state index contributed by atoms with van der Waals surface area (Å²) in [7, 11) is 0. The fraction of sp³-hybridized carbons (Fsp3) is 0.273. The molecule has 1 heterocycles. The Balaban J connectivity index is 1.57. The molecule has 7 heteroatoms. The van der Waals surface area contributed by atoms with Crippen LogP contribution >= 0.6 is 34.7 Å². The third-order valence-corrected chi connectivity index (χ3v) is 6.78. The fourth-order valence-corrected chi connectivity index (χ4v) is 4.96. The number of thiazole rings is 1. The molecule has 0 spiro atoms. The molecule has 0 atom stereocenters. The van der Waals surface area contributed by atoms with Crippen LogP contribution in [0.25, 0.3) is 11.1 Å². The maximum absolute atomic E-state index is 11.3. The van der Waals surface area contributed by atoms with E-state index >= 15 is 0 Å². The third kappa shape index (κ3) is 5.75. The molecule has 2 aromatic carbocycles. The number of hydrogen-bond acceptors (Lipinski definition) is 5. The maximum atomic E-state index is 11.3. The predicted octanol–water partition coefficient (Wildman–Crippen LogP) is 6.35. The van der Waals surface area contributed by atoms with Gasteiger partial charge in [0.1, 0.15) is 10.5 Å². The Morgan fingerprint density at radius 3 is 2.55 bits per heavy atom. The van der Waals surface area contributed by atoms with Crippen molar-refractivity contribution in [1.29, 1.82) is 0 Å². The van der Waals surface area contributed by atoms with E-state index in [0.29, 0.717) is 13.0 Å². The molecule has 0 fully saturated rings. The number of carbonyl (C=O) groups is 1. The van der Waals surface area contributed by atoms with Gasteiger partial charge in [-0.3, -0.25) is 4.79 Å². The zero-order chi connectivity index (χ0) is 21.0. The standard InChI is InChI=1S/C22H22ClNO3S2/c1-14-12-16(15-4-7-17(23)8-5-15)6-9-19(14)27-11-10-18-13-28-21(24-18)29-22(2,3)20(25)26/h4-9,12-13H,10-11H2,1-3H3,(H,25,26). The number of nitrogens with zero attached hydrogens (tertiary/aromatic N) is 1. The van der Waals surface area contributed by atoms with Crippen molar-refractivity contribution in [1.82, 2.24) is 4.98 Å². The van der Waals surface area contributed by atoms with Gasteiger partial charge in [0.15, 0.2) is 4.34 Å². The molecule has 0 aliphatic heterocycles. The van der Waals surface area contributed by atoms with Crippen LogP contribution in [0.4, 0.5) is 0 Å². The first kappa shape index (κ1) is 21.7. The molecule has 0 aliphatic rings. The summed E-state index contributed by atoms with van der Waals surface area (Å²) in [4.78, 5) is 15.8. The van der Waals surface area contributed by atoms with E-state index in [2.05, 4.69) is 11.1 Å². The number of benzene rings is 2. The van der Waals surface area contributed by atoms with Crippen LogP contribution in [0.1, 0.15) is 25.1 Å². The van der Waals surface area contributed by atoms with Gasteiger partial charge in [0.25, 0.3) is 0 Å². The first-order chi connectivity index (χ1) is 13.7. The van der Waals surface area contributed by atoms with Crippen LogP contribution < -0.4 is 4.74 Å².